The first-order valence-electron chi connectivity index (χ1n) is 9.12. The van der Waals surface area contributed by atoms with Crippen LogP contribution in [0.5, 0.6) is 17.2 Å². The quantitative estimate of drug-likeness (QED) is 0.478. The minimum Gasteiger partial charge on any atom is -0.493 e. The first kappa shape index (κ1) is 18.1. The molecule has 0 atom stereocenters. The van der Waals surface area contributed by atoms with Crippen molar-refractivity contribution in [1.82, 2.24) is 0 Å². The Kier molecular flexibility index (Phi) is 5.04. The Morgan fingerprint density at radius 1 is 0.750 bits per heavy atom. The highest BCUT2D eigenvalue weighted by Crippen LogP contribution is 2.38. The zero-order valence-corrected chi connectivity index (χ0v) is 15.9. The van der Waals surface area contributed by atoms with Crippen LogP contribution in [0.15, 0.2) is 66.7 Å². The predicted octanol–water partition coefficient (Wildman–Crippen LogP) is 5.08. The molecule has 0 spiro atoms. The third-order valence-corrected chi connectivity index (χ3v) is 4.93. The van der Waals surface area contributed by atoms with E-state index in [-0.39, 0.29) is 6.61 Å². The zero-order valence-electron chi connectivity index (χ0n) is 15.9. The average Bonchev–Trinajstić information content (AvgIpc) is 2.76. The maximum Gasteiger partial charge on any atom is 0.161 e. The van der Waals surface area contributed by atoms with E-state index in [2.05, 4.69) is 0 Å². The highest BCUT2D eigenvalue weighted by atomic mass is 16.5. The van der Waals surface area contributed by atoms with E-state index in [1.807, 2.05) is 66.7 Å². The van der Waals surface area contributed by atoms with Crippen LogP contribution in [-0.4, -0.2) is 19.3 Å². The van der Waals surface area contributed by atoms with Crippen molar-refractivity contribution >= 4 is 21.5 Å². The lowest BCUT2D eigenvalue weighted by atomic mass is 9.96. The number of rotatable bonds is 6. The van der Waals surface area contributed by atoms with Crippen LogP contribution in [-0.2, 0) is 13.2 Å². The van der Waals surface area contributed by atoms with E-state index < -0.39 is 0 Å². The van der Waals surface area contributed by atoms with Gasteiger partial charge in [-0.1, -0.05) is 36.4 Å². The summed E-state index contributed by atoms with van der Waals surface area (Å²) in [6.07, 6.45) is 0. The highest BCUT2D eigenvalue weighted by molar-refractivity contribution is 6.10. The predicted molar refractivity (Wildman–Crippen MR) is 111 cm³/mol. The van der Waals surface area contributed by atoms with Crippen LogP contribution in [0, 0.1) is 0 Å². The summed E-state index contributed by atoms with van der Waals surface area (Å²) in [6, 6.07) is 22.0. The van der Waals surface area contributed by atoms with E-state index in [1.165, 1.54) is 0 Å². The van der Waals surface area contributed by atoms with Gasteiger partial charge in [0, 0.05) is 0 Å². The third-order valence-electron chi connectivity index (χ3n) is 4.93. The van der Waals surface area contributed by atoms with Gasteiger partial charge in [-0.2, -0.15) is 0 Å². The molecule has 1 N–H and O–H groups in total. The van der Waals surface area contributed by atoms with Crippen LogP contribution in [0.4, 0.5) is 0 Å². The Balaban J connectivity index is 1.83. The molecule has 4 aromatic rings. The Bertz CT molecular complexity index is 1120. The number of hydrogen-bond acceptors (Lipinski definition) is 4. The summed E-state index contributed by atoms with van der Waals surface area (Å²) in [5.41, 5.74) is 1.97. The van der Waals surface area contributed by atoms with E-state index in [4.69, 9.17) is 14.2 Å². The molecule has 0 radical (unpaired) electrons. The number of methoxy groups -OCH3 is 2. The number of benzene rings is 4. The van der Waals surface area contributed by atoms with Gasteiger partial charge in [-0.3, -0.25) is 0 Å². The van der Waals surface area contributed by atoms with Crippen LogP contribution < -0.4 is 14.2 Å². The van der Waals surface area contributed by atoms with E-state index in [9.17, 15) is 5.11 Å². The van der Waals surface area contributed by atoms with Gasteiger partial charge >= 0.3 is 0 Å². The number of fused-ring (bicyclic) bond motifs is 3. The molecule has 28 heavy (non-hydrogen) atoms. The van der Waals surface area contributed by atoms with Gasteiger partial charge in [0.2, 0.25) is 0 Å². The molecule has 0 aliphatic rings. The van der Waals surface area contributed by atoms with Crippen LogP contribution in [0.25, 0.3) is 21.5 Å². The van der Waals surface area contributed by atoms with Gasteiger partial charge in [0.1, 0.15) is 12.4 Å². The van der Waals surface area contributed by atoms with E-state index in [0.29, 0.717) is 18.1 Å². The molecule has 0 aliphatic carbocycles. The molecule has 0 aromatic heterocycles. The molecule has 4 rings (SSSR count). The normalized spacial score (nSPS) is 11.0. The minimum absolute atomic E-state index is 0.0474. The fraction of sp³-hybridized carbons (Fsp3) is 0.167. The van der Waals surface area contributed by atoms with Gasteiger partial charge in [0.15, 0.2) is 11.5 Å². The maximum absolute atomic E-state index is 9.85. The van der Waals surface area contributed by atoms with Crippen molar-refractivity contribution in [3.63, 3.8) is 0 Å². The summed E-state index contributed by atoms with van der Waals surface area (Å²) in [7, 11) is 3.23. The largest absolute Gasteiger partial charge is 0.493 e. The van der Waals surface area contributed by atoms with Gasteiger partial charge in [-0.15, -0.1) is 0 Å². The Labute approximate surface area is 163 Å². The molecule has 0 fully saturated rings. The monoisotopic (exact) mass is 374 g/mol. The van der Waals surface area contributed by atoms with Crippen LogP contribution in [0.3, 0.4) is 0 Å². The maximum atomic E-state index is 9.85. The van der Waals surface area contributed by atoms with E-state index in [0.717, 1.165) is 38.4 Å². The highest BCUT2D eigenvalue weighted by Gasteiger charge is 2.13. The van der Waals surface area contributed by atoms with Gasteiger partial charge in [-0.05, 0) is 63.0 Å². The van der Waals surface area contributed by atoms with Crippen molar-refractivity contribution in [3.8, 4) is 17.2 Å². The van der Waals surface area contributed by atoms with E-state index in [1.54, 1.807) is 14.2 Å². The molecule has 4 nitrogen and oxygen atoms in total. The molecule has 0 heterocycles. The first-order chi connectivity index (χ1) is 13.7. The van der Waals surface area contributed by atoms with Crippen LogP contribution in [0.2, 0.25) is 0 Å². The van der Waals surface area contributed by atoms with Crippen molar-refractivity contribution in [2.75, 3.05) is 14.2 Å². The molecule has 0 unspecified atom stereocenters. The lowest BCUT2D eigenvalue weighted by Gasteiger charge is -2.15. The summed E-state index contributed by atoms with van der Waals surface area (Å²) >= 11 is 0. The summed E-state index contributed by atoms with van der Waals surface area (Å²) < 4.78 is 16.9. The second-order valence-electron chi connectivity index (χ2n) is 6.60. The lowest BCUT2D eigenvalue weighted by molar-refractivity contribution is 0.283. The molecule has 0 saturated heterocycles. The molecule has 0 bridgehead atoms. The molecule has 0 saturated carbocycles. The Hall–Kier alpha value is -3.24. The van der Waals surface area contributed by atoms with E-state index >= 15 is 0 Å². The molecule has 4 heteroatoms. The van der Waals surface area contributed by atoms with Crippen LogP contribution >= 0.6 is 0 Å². The average molecular weight is 374 g/mol. The lowest BCUT2D eigenvalue weighted by Crippen LogP contribution is -1.96. The van der Waals surface area contributed by atoms with Crippen molar-refractivity contribution < 1.29 is 19.3 Å². The van der Waals surface area contributed by atoms with Gasteiger partial charge in [-0.25, -0.2) is 0 Å². The fourth-order valence-corrected chi connectivity index (χ4v) is 3.49. The van der Waals surface area contributed by atoms with Crippen molar-refractivity contribution in [1.29, 1.82) is 0 Å². The molecule has 0 aliphatic heterocycles. The SMILES string of the molecule is COc1cc2c(CO)cc3ccc(OCc4ccccc4)cc3c2cc1OC. The molecule has 142 valence electrons. The zero-order chi connectivity index (χ0) is 19.5. The number of ether oxygens (including phenoxy) is 3. The fourth-order valence-electron chi connectivity index (χ4n) is 3.49. The second kappa shape index (κ2) is 7.79. The van der Waals surface area contributed by atoms with Crippen LogP contribution in [0.1, 0.15) is 11.1 Å². The molecular weight excluding hydrogens is 352 g/mol. The summed E-state index contributed by atoms with van der Waals surface area (Å²) in [5, 5.41) is 13.9. The Morgan fingerprint density at radius 3 is 2.14 bits per heavy atom. The molecule has 0 amide bonds. The second-order valence-corrected chi connectivity index (χ2v) is 6.60. The Morgan fingerprint density at radius 2 is 1.46 bits per heavy atom. The van der Waals surface area contributed by atoms with Crippen molar-refractivity contribution in [3.05, 3.63) is 77.9 Å². The third kappa shape index (κ3) is 3.35. The van der Waals surface area contributed by atoms with Gasteiger partial charge in [0.25, 0.3) is 0 Å². The molecule has 4 aromatic carbocycles. The minimum atomic E-state index is -0.0474. The first-order valence-corrected chi connectivity index (χ1v) is 9.12. The van der Waals surface area contributed by atoms with Gasteiger partial charge < -0.3 is 19.3 Å². The van der Waals surface area contributed by atoms with Crippen molar-refractivity contribution in [2.24, 2.45) is 0 Å². The summed E-state index contributed by atoms with van der Waals surface area (Å²) in [5.74, 6) is 2.09. The number of aliphatic hydroxyl groups excluding tert-OH is 1. The topological polar surface area (TPSA) is 47.9 Å². The standard InChI is InChI=1S/C24H22O4/c1-26-23-12-21-18(14-25)10-17-8-9-19(28-15-16-6-4-3-5-7-16)11-20(17)22(21)13-24(23)27-2/h3-13,25H,14-15H2,1-2H3. The molecular formula is C24H22O4. The van der Waals surface area contributed by atoms with Crippen molar-refractivity contribution in [2.45, 2.75) is 13.2 Å². The van der Waals surface area contributed by atoms with Gasteiger partial charge in [0.05, 0.1) is 20.8 Å². The smallest absolute Gasteiger partial charge is 0.161 e. The number of hydrogen-bond donors (Lipinski definition) is 1. The number of aliphatic hydroxyl groups is 1. The summed E-state index contributed by atoms with van der Waals surface area (Å²) in [4.78, 5) is 0. The summed E-state index contributed by atoms with van der Waals surface area (Å²) in [6.45, 7) is 0.463.